The minimum absolute atomic E-state index is 0.283. The van der Waals surface area contributed by atoms with Gasteiger partial charge in [-0.2, -0.15) is 0 Å². The van der Waals surface area contributed by atoms with E-state index in [1.54, 1.807) is 0 Å². The number of benzene rings is 1. The number of likely N-dealkylation sites (tertiary alicyclic amines) is 1. The molecule has 1 heterocycles. The summed E-state index contributed by atoms with van der Waals surface area (Å²) >= 11 is 3.51. The van der Waals surface area contributed by atoms with Gasteiger partial charge < -0.3 is 9.80 Å². The number of likely N-dealkylation sites (N-methyl/N-ethyl adjacent to an activating group) is 1. The third kappa shape index (κ3) is 3.34. The minimum Gasteiger partial charge on any atom is -0.340 e. The molecule has 1 aromatic rings. The number of halogens is 1. The zero-order valence-corrected chi connectivity index (χ0v) is 15.8. The third-order valence-corrected chi connectivity index (χ3v) is 6.21. The Hall–Kier alpha value is -0.870. The fourth-order valence-electron chi connectivity index (χ4n) is 4.24. The molecular formula is C19H27BrN2O. The Morgan fingerprint density at radius 1 is 1.17 bits per heavy atom. The SMILES string of the molecule is CN(C)C1CCCN(C(=O)C2(c3ccc(Br)cc3)CCCC2)C1. The number of hydrogen-bond acceptors (Lipinski definition) is 2. The smallest absolute Gasteiger partial charge is 0.233 e. The van der Waals surface area contributed by atoms with E-state index in [4.69, 9.17) is 0 Å². The van der Waals surface area contributed by atoms with Crippen molar-refractivity contribution in [1.29, 1.82) is 0 Å². The first-order valence-corrected chi connectivity index (χ1v) is 9.54. The van der Waals surface area contributed by atoms with Crippen molar-refractivity contribution in [2.45, 2.75) is 50.0 Å². The maximum atomic E-state index is 13.5. The molecule has 4 heteroatoms. The van der Waals surface area contributed by atoms with Crippen molar-refractivity contribution < 1.29 is 4.79 Å². The predicted octanol–water partition coefficient (Wildman–Crippen LogP) is 3.81. The van der Waals surface area contributed by atoms with Crippen LogP contribution < -0.4 is 0 Å². The lowest BCUT2D eigenvalue weighted by atomic mass is 9.77. The molecule has 126 valence electrons. The lowest BCUT2D eigenvalue weighted by molar-refractivity contribution is -0.139. The Labute approximate surface area is 148 Å². The van der Waals surface area contributed by atoms with Crippen molar-refractivity contribution >= 4 is 21.8 Å². The van der Waals surface area contributed by atoms with Crippen molar-refractivity contribution in [3.8, 4) is 0 Å². The van der Waals surface area contributed by atoms with Crippen LogP contribution in [-0.2, 0) is 10.2 Å². The number of rotatable bonds is 3. The van der Waals surface area contributed by atoms with Crippen molar-refractivity contribution in [1.82, 2.24) is 9.80 Å². The number of piperidine rings is 1. The first-order valence-electron chi connectivity index (χ1n) is 8.75. The van der Waals surface area contributed by atoms with Gasteiger partial charge in [0.25, 0.3) is 0 Å². The van der Waals surface area contributed by atoms with Crippen LogP contribution in [0.5, 0.6) is 0 Å². The van der Waals surface area contributed by atoms with Crippen LogP contribution in [0, 0.1) is 0 Å². The second-order valence-corrected chi connectivity index (χ2v) is 8.22. The molecule has 0 aromatic heterocycles. The first-order chi connectivity index (χ1) is 11.0. The topological polar surface area (TPSA) is 23.6 Å². The summed E-state index contributed by atoms with van der Waals surface area (Å²) in [7, 11) is 4.25. The highest BCUT2D eigenvalue weighted by Crippen LogP contribution is 2.43. The normalized spacial score (nSPS) is 24.2. The summed E-state index contributed by atoms with van der Waals surface area (Å²) in [6.45, 7) is 1.80. The lowest BCUT2D eigenvalue weighted by Gasteiger charge is -2.41. The summed E-state index contributed by atoms with van der Waals surface area (Å²) in [5, 5.41) is 0. The molecular weight excluding hydrogens is 352 g/mol. The Kier molecular flexibility index (Phi) is 5.12. The van der Waals surface area contributed by atoms with Gasteiger partial charge in [0.15, 0.2) is 0 Å². The monoisotopic (exact) mass is 378 g/mol. The predicted molar refractivity (Wildman–Crippen MR) is 97.6 cm³/mol. The van der Waals surface area contributed by atoms with Crippen LogP contribution >= 0.6 is 15.9 Å². The molecule has 1 saturated heterocycles. The van der Waals surface area contributed by atoms with Gasteiger partial charge in [-0.1, -0.05) is 40.9 Å². The van der Waals surface area contributed by atoms with Crippen LogP contribution in [0.2, 0.25) is 0 Å². The second kappa shape index (κ2) is 6.94. The quantitative estimate of drug-likeness (QED) is 0.797. The van der Waals surface area contributed by atoms with Gasteiger partial charge >= 0.3 is 0 Å². The van der Waals surface area contributed by atoms with Gasteiger partial charge in [-0.25, -0.2) is 0 Å². The fraction of sp³-hybridized carbons (Fsp3) is 0.632. The van der Waals surface area contributed by atoms with E-state index in [1.165, 1.54) is 12.0 Å². The highest BCUT2D eigenvalue weighted by atomic mass is 79.9. The lowest BCUT2D eigenvalue weighted by Crippen LogP contribution is -2.53. The van der Waals surface area contributed by atoms with Crippen LogP contribution in [0.15, 0.2) is 28.7 Å². The van der Waals surface area contributed by atoms with Crippen molar-refractivity contribution in [2.24, 2.45) is 0 Å². The zero-order chi connectivity index (χ0) is 16.4. The van der Waals surface area contributed by atoms with E-state index in [0.717, 1.165) is 49.7 Å². The fourth-order valence-corrected chi connectivity index (χ4v) is 4.50. The molecule has 1 unspecified atom stereocenters. The van der Waals surface area contributed by atoms with E-state index in [-0.39, 0.29) is 5.41 Å². The summed E-state index contributed by atoms with van der Waals surface area (Å²) < 4.78 is 1.08. The molecule has 1 saturated carbocycles. The van der Waals surface area contributed by atoms with Crippen LogP contribution in [0.1, 0.15) is 44.1 Å². The highest BCUT2D eigenvalue weighted by Gasteiger charge is 2.45. The third-order valence-electron chi connectivity index (χ3n) is 5.68. The summed E-state index contributed by atoms with van der Waals surface area (Å²) in [6.07, 6.45) is 6.62. The number of nitrogens with zero attached hydrogens (tertiary/aromatic N) is 2. The highest BCUT2D eigenvalue weighted by molar-refractivity contribution is 9.10. The van der Waals surface area contributed by atoms with E-state index < -0.39 is 0 Å². The van der Waals surface area contributed by atoms with Crippen molar-refractivity contribution in [3.63, 3.8) is 0 Å². The van der Waals surface area contributed by atoms with Gasteiger partial charge in [0.1, 0.15) is 0 Å². The Bertz CT molecular complexity index is 549. The number of amides is 1. The van der Waals surface area contributed by atoms with Crippen LogP contribution in [0.25, 0.3) is 0 Å². The minimum atomic E-state index is -0.283. The van der Waals surface area contributed by atoms with E-state index >= 15 is 0 Å². The Morgan fingerprint density at radius 2 is 1.83 bits per heavy atom. The number of carbonyl (C=O) groups is 1. The number of carbonyl (C=O) groups excluding carboxylic acids is 1. The molecule has 0 spiro atoms. The molecule has 1 aliphatic carbocycles. The van der Waals surface area contributed by atoms with Crippen LogP contribution in [0.4, 0.5) is 0 Å². The molecule has 1 amide bonds. The first kappa shape index (κ1) is 17.0. The Balaban J connectivity index is 1.86. The molecule has 2 aliphatic rings. The van der Waals surface area contributed by atoms with Crippen molar-refractivity contribution in [2.75, 3.05) is 27.2 Å². The van der Waals surface area contributed by atoms with Gasteiger partial charge in [-0.05, 0) is 57.5 Å². The molecule has 1 atom stereocenters. The van der Waals surface area contributed by atoms with Gasteiger partial charge in [0.2, 0.25) is 5.91 Å². The molecule has 3 rings (SSSR count). The molecule has 0 N–H and O–H groups in total. The molecule has 2 fully saturated rings. The molecule has 1 aromatic carbocycles. The maximum Gasteiger partial charge on any atom is 0.233 e. The largest absolute Gasteiger partial charge is 0.340 e. The van der Waals surface area contributed by atoms with E-state index in [1.807, 2.05) is 0 Å². The van der Waals surface area contributed by atoms with Crippen LogP contribution in [0.3, 0.4) is 0 Å². The van der Waals surface area contributed by atoms with E-state index in [2.05, 4.69) is 64.1 Å². The Morgan fingerprint density at radius 3 is 2.43 bits per heavy atom. The summed E-state index contributed by atoms with van der Waals surface area (Å²) in [4.78, 5) is 17.9. The molecule has 23 heavy (non-hydrogen) atoms. The van der Waals surface area contributed by atoms with Gasteiger partial charge in [0, 0.05) is 23.6 Å². The summed E-state index contributed by atoms with van der Waals surface area (Å²) in [5.74, 6) is 0.365. The van der Waals surface area contributed by atoms with Crippen LogP contribution in [-0.4, -0.2) is 48.9 Å². The van der Waals surface area contributed by atoms with E-state index in [0.29, 0.717) is 11.9 Å². The van der Waals surface area contributed by atoms with Gasteiger partial charge in [-0.15, -0.1) is 0 Å². The maximum absolute atomic E-state index is 13.5. The average molecular weight is 379 g/mol. The standard InChI is InChI=1S/C19H27BrN2O/c1-21(2)17-6-5-13-22(14-17)18(23)19(11-3-4-12-19)15-7-9-16(20)10-8-15/h7-10,17H,3-6,11-14H2,1-2H3. The molecule has 3 nitrogen and oxygen atoms in total. The van der Waals surface area contributed by atoms with Gasteiger partial charge in [0.05, 0.1) is 5.41 Å². The average Bonchev–Trinajstić information content (AvgIpc) is 3.06. The molecule has 0 radical (unpaired) electrons. The molecule has 1 aliphatic heterocycles. The number of hydrogen-bond donors (Lipinski definition) is 0. The van der Waals surface area contributed by atoms with Crippen molar-refractivity contribution in [3.05, 3.63) is 34.3 Å². The summed E-state index contributed by atoms with van der Waals surface area (Å²) in [6, 6.07) is 8.92. The molecule has 0 bridgehead atoms. The van der Waals surface area contributed by atoms with Gasteiger partial charge in [-0.3, -0.25) is 4.79 Å². The summed E-state index contributed by atoms with van der Waals surface area (Å²) in [5.41, 5.74) is 0.921. The second-order valence-electron chi connectivity index (χ2n) is 7.31. The zero-order valence-electron chi connectivity index (χ0n) is 14.2. The van der Waals surface area contributed by atoms with E-state index in [9.17, 15) is 4.79 Å².